The number of carboxylic acid groups (broad SMARTS) is 1. The van der Waals surface area contributed by atoms with E-state index in [1.54, 1.807) is 32.0 Å². The number of primary amides is 2. The molecule has 2 amide bonds. The minimum Gasteiger partial charge on any atom is -0.478 e. The minimum atomic E-state index is -1.11. The lowest BCUT2D eigenvalue weighted by Crippen LogP contribution is -2.13. The first-order chi connectivity index (χ1) is 20.1. The number of nitrogens with zero attached hydrogens (tertiary/aromatic N) is 5. The molecule has 0 unspecified atom stereocenters. The van der Waals surface area contributed by atoms with E-state index in [4.69, 9.17) is 92.8 Å². The molecule has 224 valence electrons. The molecule has 5 N–H and O–H groups in total. The number of rotatable bonds is 3. The van der Waals surface area contributed by atoms with E-state index in [2.05, 4.69) is 24.8 Å². The molecule has 0 aliphatic carbocycles. The number of hydrogen-bond acceptors (Lipinski definition) is 7. The van der Waals surface area contributed by atoms with Crippen LogP contribution in [-0.2, 0) is 0 Å². The van der Waals surface area contributed by atoms with Crippen LogP contribution in [0.15, 0.2) is 48.5 Å². The predicted molar refractivity (Wildman–Crippen MR) is 167 cm³/mol. The summed E-state index contributed by atoms with van der Waals surface area (Å²) in [6, 6.07) is 11.9. The number of amides is 2. The van der Waals surface area contributed by atoms with E-state index in [0.717, 1.165) is 0 Å². The van der Waals surface area contributed by atoms with Gasteiger partial charge in [0, 0.05) is 5.69 Å². The molecule has 0 aliphatic heterocycles. The van der Waals surface area contributed by atoms with Crippen molar-refractivity contribution in [3.05, 3.63) is 119 Å². The average Bonchev–Trinajstić information content (AvgIpc) is 2.89. The number of halogens is 6. The number of carbonyl (C=O) groups is 3. The molecule has 0 spiro atoms. The molecule has 4 aromatic rings. The highest BCUT2D eigenvalue weighted by atomic mass is 35.5. The van der Waals surface area contributed by atoms with Gasteiger partial charge in [0.05, 0.1) is 29.0 Å². The second kappa shape index (κ2) is 18.0. The fourth-order valence-corrected chi connectivity index (χ4v) is 3.84. The SMILES string of the molecule is Cc1nc(Cl)ccc1C(N)=O.NC(=O)c1ccc(Cl)nc1Cl.O=C(O)c1ccc(Cl)nc1Cl.[C-]#[N+]c1ccc(Cl)nc1C. The molecular formula is C26H19Cl6N7O4. The molecule has 0 saturated heterocycles. The lowest BCUT2D eigenvalue weighted by molar-refractivity contribution is 0.0696. The Hall–Kier alpha value is -3.76. The van der Waals surface area contributed by atoms with Gasteiger partial charge in [0.2, 0.25) is 5.69 Å². The van der Waals surface area contributed by atoms with Gasteiger partial charge in [-0.3, -0.25) is 14.6 Å². The normalized spacial score (nSPS) is 9.47. The van der Waals surface area contributed by atoms with E-state index >= 15 is 0 Å². The summed E-state index contributed by atoms with van der Waals surface area (Å²) < 4.78 is 0. The molecular weight excluding hydrogens is 687 g/mol. The molecule has 4 rings (SSSR count). The summed E-state index contributed by atoms with van der Waals surface area (Å²) in [5.41, 5.74) is 12.3. The molecule has 0 aromatic carbocycles. The third kappa shape index (κ3) is 13.0. The minimum absolute atomic E-state index is 0.0324. The van der Waals surface area contributed by atoms with Crippen LogP contribution in [0.1, 0.15) is 42.5 Å². The summed E-state index contributed by atoms with van der Waals surface area (Å²) in [5, 5.41) is 9.65. The maximum atomic E-state index is 10.7. The summed E-state index contributed by atoms with van der Waals surface area (Å²) in [7, 11) is 0. The molecule has 0 radical (unpaired) electrons. The molecule has 43 heavy (non-hydrogen) atoms. The summed E-state index contributed by atoms with van der Waals surface area (Å²) >= 11 is 33.0. The van der Waals surface area contributed by atoms with Crippen molar-refractivity contribution in [1.29, 1.82) is 0 Å². The number of pyridine rings is 4. The zero-order chi connectivity index (χ0) is 32.9. The van der Waals surface area contributed by atoms with E-state index in [-0.39, 0.29) is 31.7 Å². The summed E-state index contributed by atoms with van der Waals surface area (Å²) in [5.74, 6) is -2.20. The molecule has 0 bridgehead atoms. The summed E-state index contributed by atoms with van der Waals surface area (Å²) in [6.45, 7) is 10.1. The first kappa shape index (κ1) is 37.3. The van der Waals surface area contributed by atoms with Crippen LogP contribution in [0, 0.1) is 20.4 Å². The van der Waals surface area contributed by atoms with E-state index in [9.17, 15) is 14.4 Å². The van der Waals surface area contributed by atoms with Crippen molar-refractivity contribution >= 4 is 93.1 Å². The number of carboxylic acids is 1. The van der Waals surface area contributed by atoms with Crippen molar-refractivity contribution in [3.63, 3.8) is 0 Å². The molecule has 0 fully saturated rings. The van der Waals surface area contributed by atoms with Crippen LogP contribution in [0.5, 0.6) is 0 Å². The molecule has 11 nitrogen and oxygen atoms in total. The van der Waals surface area contributed by atoms with Crippen LogP contribution in [0.25, 0.3) is 4.85 Å². The standard InChI is InChI=1S/C7H7ClN2O.C7H5ClN2.C6H4Cl2N2O.C6H3Cl2NO2/c1-4-5(7(9)11)2-3-6(8)10-4;1-5-6(9-2)3-4-7(8)10-5;7-4-2-1-3(6(9)11)5(8)10-4;7-4-2-1-3(6(10)11)5(8)9-4/h2-3H,1H3,(H2,9,11);3-4H,1H3;1-2H,(H2,9,11);1-2H,(H,10,11). The number of hydrogen-bond donors (Lipinski definition) is 3. The monoisotopic (exact) mass is 703 g/mol. The Morgan fingerprint density at radius 1 is 0.628 bits per heavy atom. The Bertz CT molecular complexity index is 1540. The number of carbonyl (C=O) groups excluding carboxylic acids is 2. The van der Waals surface area contributed by atoms with E-state index in [1.807, 2.05) is 0 Å². The zero-order valence-corrected chi connectivity index (χ0v) is 26.5. The second-order valence-electron chi connectivity index (χ2n) is 7.60. The molecule has 0 saturated carbocycles. The van der Waals surface area contributed by atoms with Gasteiger partial charge >= 0.3 is 5.97 Å². The second-order valence-corrected chi connectivity index (χ2v) is 9.86. The zero-order valence-electron chi connectivity index (χ0n) is 21.9. The fourth-order valence-electron chi connectivity index (χ4n) is 2.60. The Balaban J connectivity index is 0.000000287. The third-order valence-corrected chi connectivity index (χ3v) is 6.01. The van der Waals surface area contributed by atoms with Gasteiger partial charge in [-0.15, -0.1) is 0 Å². The first-order valence-electron chi connectivity index (χ1n) is 11.2. The molecule has 4 heterocycles. The van der Waals surface area contributed by atoms with Gasteiger partial charge < -0.3 is 16.6 Å². The van der Waals surface area contributed by atoms with E-state index in [0.29, 0.717) is 32.9 Å². The Morgan fingerprint density at radius 2 is 1.00 bits per heavy atom. The maximum Gasteiger partial charge on any atom is 0.338 e. The van der Waals surface area contributed by atoms with Gasteiger partial charge in [0.1, 0.15) is 30.9 Å². The van der Waals surface area contributed by atoms with Crippen LogP contribution >= 0.6 is 69.6 Å². The smallest absolute Gasteiger partial charge is 0.338 e. The van der Waals surface area contributed by atoms with Crippen LogP contribution in [0.2, 0.25) is 30.9 Å². The molecule has 0 atom stereocenters. The van der Waals surface area contributed by atoms with Gasteiger partial charge in [-0.1, -0.05) is 75.7 Å². The Morgan fingerprint density at radius 3 is 1.35 bits per heavy atom. The predicted octanol–water partition coefficient (Wildman–Crippen LogP) is 7.31. The summed E-state index contributed by atoms with van der Waals surface area (Å²) in [6.07, 6.45) is 0. The third-order valence-electron chi connectivity index (χ3n) is 4.59. The van der Waals surface area contributed by atoms with Crippen molar-refractivity contribution in [2.45, 2.75) is 13.8 Å². The van der Waals surface area contributed by atoms with Gasteiger partial charge in [-0.25, -0.2) is 24.6 Å². The van der Waals surface area contributed by atoms with Crippen LogP contribution in [0.4, 0.5) is 5.69 Å². The molecule has 17 heteroatoms. The van der Waals surface area contributed by atoms with Crippen molar-refractivity contribution in [2.24, 2.45) is 11.5 Å². The molecule has 0 aliphatic rings. The first-order valence-corrected chi connectivity index (χ1v) is 13.4. The Kier molecular flexibility index (Phi) is 15.6. The van der Waals surface area contributed by atoms with Gasteiger partial charge in [0.25, 0.3) is 11.8 Å². The highest BCUT2D eigenvalue weighted by Crippen LogP contribution is 2.18. The van der Waals surface area contributed by atoms with Gasteiger partial charge in [-0.05, 0) is 56.3 Å². The highest BCUT2D eigenvalue weighted by Gasteiger charge is 2.09. The quantitative estimate of drug-likeness (QED) is 0.147. The largest absolute Gasteiger partial charge is 0.478 e. The average molecular weight is 706 g/mol. The fraction of sp³-hybridized carbons (Fsp3) is 0.0769. The molecule has 4 aromatic heterocycles. The number of aromatic nitrogens is 4. The highest BCUT2D eigenvalue weighted by molar-refractivity contribution is 6.35. The van der Waals surface area contributed by atoms with Crippen molar-refractivity contribution in [2.75, 3.05) is 0 Å². The van der Waals surface area contributed by atoms with Crippen LogP contribution in [-0.4, -0.2) is 42.8 Å². The number of aryl methyl sites for hydroxylation is 2. The van der Waals surface area contributed by atoms with Crippen molar-refractivity contribution in [3.8, 4) is 0 Å². The number of aromatic carboxylic acids is 1. The lowest BCUT2D eigenvalue weighted by Gasteiger charge is -1.98. The number of nitrogens with two attached hydrogens (primary N) is 2. The van der Waals surface area contributed by atoms with Crippen LogP contribution < -0.4 is 11.5 Å². The van der Waals surface area contributed by atoms with E-state index < -0.39 is 17.8 Å². The maximum absolute atomic E-state index is 10.7. The Labute approximate surface area is 275 Å². The lowest BCUT2D eigenvalue weighted by atomic mass is 10.2. The summed E-state index contributed by atoms with van der Waals surface area (Å²) in [4.78, 5) is 49.8. The van der Waals surface area contributed by atoms with Crippen LogP contribution in [0.3, 0.4) is 0 Å². The van der Waals surface area contributed by atoms with Gasteiger partial charge in [-0.2, -0.15) is 0 Å². The van der Waals surface area contributed by atoms with Crippen molar-refractivity contribution < 1.29 is 19.5 Å². The van der Waals surface area contributed by atoms with Crippen molar-refractivity contribution in [1.82, 2.24) is 19.9 Å². The van der Waals surface area contributed by atoms with E-state index in [1.165, 1.54) is 30.3 Å². The van der Waals surface area contributed by atoms with Gasteiger partial charge in [0.15, 0.2) is 0 Å². The topological polar surface area (TPSA) is 179 Å².